The van der Waals surface area contributed by atoms with Gasteiger partial charge in [-0.2, -0.15) is 0 Å². The average Bonchev–Trinajstić information content (AvgIpc) is 2.95. The molecule has 9 nitrogen and oxygen atoms in total. The SMILES string of the molecule is CCOC(=O)C(C)NC(=O)N(C)Cc1nc2cc(C(=O)N(C)C)ccc2n1C. The lowest BCUT2D eigenvalue weighted by Gasteiger charge is -2.20. The first-order valence-electron chi connectivity index (χ1n) is 9.01. The summed E-state index contributed by atoms with van der Waals surface area (Å²) >= 11 is 0. The van der Waals surface area contributed by atoms with E-state index in [0.717, 1.165) is 5.52 Å². The van der Waals surface area contributed by atoms with Gasteiger partial charge in [-0.1, -0.05) is 0 Å². The van der Waals surface area contributed by atoms with E-state index in [9.17, 15) is 14.4 Å². The van der Waals surface area contributed by atoms with Crippen molar-refractivity contribution >= 4 is 28.9 Å². The van der Waals surface area contributed by atoms with Crippen LogP contribution < -0.4 is 5.32 Å². The van der Waals surface area contributed by atoms with Crippen molar-refractivity contribution in [2.24, 2.45) is 7.05 Å². The third kappa shape index (κ3) is 4.59. The molecule has 28 heavy (non-hydrogen) atoms. The van der Waals surface area contributed by atoms with Crippen LogP contribution in [-0.2, 0) is 23.1 Å². The van der Waals surface area contributed by atoms with Crippen molar-refractivity contribution in [3.05, 3.63) is 29.6 Å². The zero-order valence-electron chi connectivity index (χ0n) is 17.1. The molecule has 0 saturated carbocycles. The van der Waals surface area contributed by atoms with Crippen molar-refractivity contribution in [3.8, 4) is 0 Å². The van der Waals surface area contributed by atoms with Crippen molar-refractivity contribution < 1.29 is 19.1 Å². The Balaban J connectivity index is 2.14. The van der Waals surface area contributed by atoms with Crippen LogP contribution >= 0.6 is 0 Å². The highest BCUT2D eigenvalue weighted by Gasteiger charge is 2.20. The number of nitrogens with zero attached hydrogens (tertiary/aromatic N) is 4. The zero-order chi connectivity index (χ0) is 21.0. The third-order valence-electron chi connectivity index (χ3n) is 4.33. The second-order valence-electron chi connectivity index (χ2n) is 6.77. The number of aryl methyl sites for hydroxylation is 1. The minimum absolute atomic E-state index is 0.0986. The summed E-state index contributed by atoms with van der Waals surface area (Å²) in [5.41, 5.74) is 2.09. The molecule has 2 aromatic rings. The highest BCUT2D eigenvalue weighted by molar-refractivity contribution is 5.97. The second kappa shape index (κ2) is 8.73. The topological polar surface area (TPSA) is 96.8 Å². The van der Waals surface area contributed by atoms with Gasteiger partial charge in [-0.05, 0) is 32.0 Å². The van der Waals surface area contributed by atoms with Gasteiger partial charge in [-0.25, -0.2) is 14.6 Å². The number of carbonyl (C=O) groups is 3. The van der Waals surface area contributed by atoms with Gasteiger partial charge in [0.15, 0.2) is 0 Å². The lowest BCUT2D eigenvalue weighted by molar-refractivity contribution is -0.144. The Hall–Kier alpha value is -3.10. The molecule has 1 aromatic carbocycles. The summed E-state index contributed by atoms with van der Waals surface area (Å²) in [6.45, 7) is 3.78. The number of benzene rings is 1. The molecule has 1 heterocycles. The van der Waals surface area contributed by atoms with Crippen molar-refractivity contribution in [2.75, 3.05) is 27.7 Å². The Morgan fingerprint density at radius 2 is 1.93 bits per heavy atom. The van der Waals surface area contributed by atoms with Crippen LogP contribution in [0, 0.1) is 0 Å². The number of hydrogen-bond acceptors (Lipinski definition) is 5. The van der Waals surface area contributed by atoms with Crippen LogP contribution in [0.3, 0.4) is 0 Å². The van der Waals surface area contributed by atoms with E-state index in [1.807, 2.05) is 17.7 Å². The molecule has 152 valence electrons. The van der Waals surface area contributed by atoms with Crippen molar-refractivity contribution in [2.45, 2.75) is 26.4 Å². The van der Waals surface area contributed by atoms with Gasteiger partial charge >= 0.3 is 12.0 Å². The maximum Gasteiger partial charge on any atom is 0.328 e. The largest absolute Gasteiger partial charge is 0.464 e. The quantitative estimate of drug-likeness (QED) is 0.753. The first kappa shape index (κ1) is 21.2. The molecule has 9 heteroatoms. The van der Waals surface area contributed by atoms with Gasteiger partial charge in [0.05, 0.1) is 24.2 Å². The summed E-state index contributed by atoms with van der Waals surface area (Å²) in [5.74, 6) is 0.0783. The average molecular weight is 389 g/mol. The highest BCUT2D eigenvalue weighted by Crippen LogP contribution is 2.18. The Bertz CT molecular complexity index is 890. The van der Waals surface area contributed by atoms with E-state index in [1.54, 1.807) is 47.1 Å². The molecule has 0 radical (unpaired) electrons. The minimum atomic E-state index is -0.741. The van der Waals surface area contributed by atoms with Crippen LogP contribution in [0.5, 0.6) is 0 Å². The maximum absolute atomic E-state index is 12.3. The fraction of sp³-hybridized carbons (Fsp3) is 0.474. The molecule has 3 amide bonds. The number of rotatable bonds is 6. The molecule has 0 bridgehead atoms. The van der Waals surface area contributed by atoms with Crippen LogP contribution in [0.25, 0.3) is 11.0 Å². The highest BCUT2D eigenvalue weighted by atomic mass is 16.5. The molecule has 1 N–H and O–H groups in total. The molecule has 0 aliphatic rings. The number of carbonyl (C=O) groups excluding carboxylic acids is 3. The van der Waals surface area contributed by atoms with Crippen molar-refractivity contribution in [1.29, 1.82) is 0 Å². The molecule has 2 rings (SSSR count). The van der Waals surface area contributed by atoms with E-state index in [1.165, 1.54) is 9.80 Å². The fourth-order valence-corrected chi connectivity index (χ4v) is 2.69. The van der Waals surface area contributed by atoms with Crippen molar-refractivity contribution in [3.63, 3.8) is 0 Å². The molecular weight excluding hydrogens is 362 g/mol. The zero-order valence-corrected chi connectivity index (χ0v) is 17.1. The fourth-order valence-electron chi connectivity index (χ4n) is 2.69. The molecule has 0 saturated heterocycles. The van der Waals surface area contributed by atoms with E-state index in [-0.39, 0.29) is 19.1 Å². The third-order valence-corrected chi connectivity index (χ3v) is 4.33. The van der Waals surface area contributed by atoms with Crippen LogP contribution in [0.15, 0.2) is 18.2 Å². The van der Waals surface area contributed by atoms with Gasteiger partial charge < -0.3 is 24.4 Å². The number of imidazole rings is 1. The Morgan fingerprint density at radius 3 is 2.54 bits per heavy atom. The predicted octanol–water partition coefficient (Wildman–Crippen LogP) is 1.37. The summed E-state index contributed by atoms with van der Waals surface area (Å²) in [6, 6.07) is 4.19. The number of esters is 1. The Labute approximate surface area is 164 Å². The standard InChI is InChI=1S/C19H27N5O4/c1-7-28-18(26)12(2)20-19(27)23(5)11-16-21-14-10-13(17(25)22(3)4)8-9-15(14)24(16)6/h8-10,12H,7,11H2,1-6H3,(H,20,27). The molecular formula is C19H27N5O4. The van der Waals surface area contributed by atoms with Gasteiger partial charge in [0.1, 0.15) is 11.9 Å². The summed E-state index contributed by atoms with van der Waals surface area (Å²) in [6.07, 6.45) is 0. The van der Waals surface area contributed by atoms with Crippen LogP contribution in [0.2, 0.25) is 0 Å². The number of urea groups is 1. The smallest absolute Gasteiger partial charge is 0.328 e. The molecule has 1 aromatic heterocycles. The van der Waals surface area contributed by atoms with Crippen LogP contribution in [-0.4, -0.2) is 71.1 Å². The van der Waals surface area contributed by atoms with Gasteiger partial charge in [0, 0.05) is 33.8 Å². The van der Waals surface area contributed by atoms with E-state index in [4.69, 9.17) is 4.74 Å². The molecule has 0 aliphatic carbocycles. The molecule has 0 spiro atoms. The molecule has 0 fully saturated rings. The monoisotopic (exact) mass is 389 g/mol. The Morgan fingerprint density at radius 1 is 1.25 bits per heavy atom. The minimum Gasteiger partial charge on any atom is -0.464 e. The number of ether oxygens (including phenoxy) is 1. The molecule has 1 atom stereocenters. The van der Waals surface area contributed by atoms with Gasteiger partial charge in [-0.3, -0.25) is 4.79 Å². The summed E-state index contributed by atoms with van der Waals surface area (Å²) in [4.78, 5) is 43.6. The maximum atomic E-state index is 12.3. The number of nitrogens with one attached hydrogen (secondary N) is 1. The van der Waals surface area contributed by atoms with Gasteiger partial charge in [0.2, 0.25) is 0 Å². The summed E-state index contributed by atoms with van der Waals surface area (Å²) in [7, 11) is 6.86. The number of amides is 3. The normalized spacial score (nSPS) is 11.8. The Kier molecular flexibility index (Phi) is 6.61. The predicted molar refractivity (Wildman–Crippen MR) is 105 cm³/mol. The number of hydrogen-bond donors (Lipinski definition) is 1. The molecule has 0 aliphatic heterocycles. The van der Waals surface area contributed by atoms with Crippen LogP contribution in [0.4, 0.5) is 4.79 Å². The van der Waals surface area contributed by atoms with Gasteiger partial charge in [-0.15, -0.1) is 0 Å². The van der Waals surface area contributed by atoms with Crippen molar-refractivity contribution in [1.82, 2.24) is 24.7 Å². The van der Waals surface area contributed by atoms with Crippen LogP contribution in [0.1, 0.15) is 30.0 Å². The lowest BCUT2D eigenvalue weighted by Crippen LogP contribution is -2.45. The van der Waals surface area contributed by atoms with Gasteiger partial charge in [0.25, 0.3) is 5.91 Å². The second-order valence-corrected chi connectivity index (χ2v) is 6.77. The van der Waals surface area contributed by atoms with E-state index < -0.39 is 18.0 Å². The first-order valence-corrected chi connectivity index (χ1v) is 9.01. The first-order chi connectivity index (χ1) is 13.1. The number of aromatic nitrogens is 2. The lowest BCUT2D eigenvalue weighted by atomic mass is 10.2. The van der Waals surface area contributed by atoms with E-state index in [0.29, 0.717) is 16.9 Å². The van der Waals surface area contributed by atoms with E-state index in [2.05, 4.69) is 10.3 Å². The summed E-state index contributed by atoms with van der Waals surface area (Å²) < 4.78 is 6.76. The summed E-state index contributed by atoms with van der Waals surface area (Å²) in [5, 5.41) is 2.60. The molecule has 1 unspecified atom stereocenters. The van der Waals surface area contributed by atoms with E-state index >= 15 is 0 Å². The number of fused-ring (bicyclic) bond motifs is 1.